The van der Waals surface area contributed by atoms with E-state index < -0.39 is 0 Å². The molecule has 1 N–H and O–H groups in total. The monoisotopic (exact) mass is 326 g/mol. The summed E-state index contributed by atoms with van der Waals surface area (Å²) in [5.74, 6) is 0.701. The van der Waals surface area contributed by atoms with E-state index in [1.807, 2.05) is 29.8 Å². The van der Waals surface area contributed by atoms with E-state index in [0.717, 1.165) is 25.1 Å². The molecule has 0 fully saturated rings. The van der Waals surface area contributed by atoms with Crippen molar-refractivity contribution in [3.05, 3.63) is 48.7 Å². The van der Waals surface area contributed by atoms with Crippen LogP contribution in [-0.4, -0.2) is 33.2 Å². The number of amides is 1. The number of nitrogens with zero attached hydrogens (tertiary/aromatic N) is 3. The number of hydrogen-bond donors (Lipinski definition) is 1. The Morgan fingerprint density at radius 1 is 1.46 bits per heavy atom. The van der Waals surface area contributed by atoms with Crippen molar-refractivity contribution in [1.29, 1.82) is 0 Å². The van der Waals surface area contributed by atoms with E-state index in [1.54, 1.807) is 18.7 Å². The van der Waals surface area contributed by atoms with Crippen LogP contribution in [0.25, 0.3) is 5.82 Å². The number of nitrogens with one attached hydrogen (secondary N) is 1. The van der Waals surface area contributed by atoms with Crippen molar-refractivity contribution in [2.45, 2.75) is 38.7 Å². The molecule has 0 radical (unpaired) electrons. The molecule has 1 amide bonds. The molecular formula is C18H22N4O2. The number of pyridine rings is 1. The normalized spacial score (nSPS) is 15.1. The number of ether oxygens (including phenoxy) is 1. The third kappa shape index (κ3) is 4.08. The zero-order valence-electron chi connectivity index (χ0n) is 13.8. The summed E-state index contributed by atoms with van der Waals surface area (Å²) in [5.41, 5.74) is 1.93. The summed E-state index contributed by atoms with van der Waals surface area (Å²) >= 11 is 0. The molecule has 24 heavy (non-hydrogen) atoms. The maximum Gasteiger partial charge on any atom is 0.227 e. The van der Waals surface area contributed by atoms with Crippen LogP contribution in [-0.2, 0) is 9.53 Å². The van der Waals surface area contributed by atoms with Crippen LogP contribution >= 0.6 is 0 Å². The summed E-state index contributed by atoms with van der Waals surface area (Å²) in [5, 5.41) is 2.89. The Hall–Kier alpha value is -2.47. The first-order valence-electron chi connectivity index (χ1n) is 8.31. The number of imidazole rings is 1. The summed E-state index contributed by atoms with van der Waals surface area (Å²) in [6.45, 7) is 2.57. The number of rotatable bonds is 7. The van der Waals surface area contributed by atoms with Crippen molar-refractivity contribution in [2.24, 2.45) is 0 Å². The van der Waals surface area contributed by atoms with Gasteiger partial charge in [0.15, 0.2) is 0 Å². The molecule has 0 saturated heterocycles. The van der Waals surface area contributed by atoms with Crippen LogP contribution in [0, 0.1) is 0 Å². The van der Waals surface area contributed by atoms with Crippen molar-refractivity contribution in [2.75, 3.05) is 11.9 Å². The van der Waals surface area contributed by atoms with Crippen molar-refractivity contribution >= 4 is 11.6 Å². The third-order valence-electron chi connectivity index (χ3n) is 4.03. The SMILES string of the molecule is CCO[C@H](CC(=O)Nc1ccc(-n2ccnc2)nc1)C1=CCCC1. The smallest absolute Gasteiger partial charge is 0.227 e. The lowest BCUT2D eigenvalue weighted by Gasteiger charge is -2.18. The highest BCUT2D eigenvalue weighted by atomic mass is 16.5. The van der Waals surface area contributed by atoms with Gasteiger partial charge < -0.3 is 10.1 Å². The zero-order valence-corrected chi connectivity index (χ0v) is 13.8. The van der Waals surface area contributed by atoms with Gasteiger partial charge in [-0.05, 0) is 43.9 Å². The van der Waals surface area contributed by atoms with E-state index in [4.69, 9.17) is 4.74 Å². The molecule has 3 rings (SSSR count). The topological polar surface area (TPSA) is 69.0 Å². The molecule has 1 aliphatic carbocycles. The molecule has 126 valence electrons. The molecule has 6 heteroatoms. The van der Waals surface area contributed by atoms with E-state index >= 15 is 0 Å². The fraction of sp³-hybridized carbons (Fsp3) is 0.389. The average molecular weight is 326 g/mol. The first kappa shape index (κ1) is 16.4. The number of carbonyl (C=O) groups excluding carboxylic acids is 1. The second-order valence-corrected chi connectivity index (χ2v) is 5.74. The summed E-state index contributed by atoms with van der Waals surface area (Å²) in [6.07, 6.45) is 12.5. The van der Waals surface area contributed by atoms with Gasteiger partial charge >= 0.3 is 0 Å². The maximum atomic E-state index is 12.3. The van der Waals surface area contributed by atoms with E-state index in [2.05, 4.69) is 21.4 Å². The first-order valence-corrected chi connectivity index (χ1v) is 8.31. The number of hydrogen-bond acceptors (Lipinski definition) is 4. The molecule has 0 spiro atoms. The predicted octanol–water partition coefficient (Wildman–Crippen LogP) is 3.11. The molecule has 1 atom stereocenters. The van der Waals surface area contributed by atoms with Gasteiger partial charge in [-0.1, -0.05) is 6.08 Å². The molecule has 1 aliphatic rings. The van der Waals surface area contributed by atoms with Gasteiger partial charge in [0.1, 0.15) is 12.1 Å². The minimum atomic E-state index is -0.115. The van der Waals surface area contributed by atoms with E-state index in [1.165, 1.54) is 5.57 Å². The predicted molar refractivity (Wildman–Crippen MR) is 92.0 cm³/mol. The second kappa shape index (κ2) is 7.88. The van der Waals surface area contributed by atoms with Crippen LogP contribution in [0.3, 0.4) is 0 Å². The second-order valence-electron chi connectivity index (χ2n) is 5.74. The van der Waals surface area contributed by atoms with Crippen molar-refractivity contribution in [1.82, 2.24) is 14.5 Å². The Morgan fingerprint density at radius 2 is 2.38 bits per heavy atom. The van der Waals surface area contributed by atoms with Crippen LogP contribution < -0.4 is 5.32 Å². The third-order valence-corrected chi connectivity index (χ3v) is 4.03. The number of aromatic nitrogens is 3. The Balaban J connectivity index is 1.59. The van der Waals surface area contributed by atoms with Gasteiger partial charge in [0, 0.05) is 19.0 Å². The summed E-state index contributed by atoms with van der Waals surface area (Å²) in [4.78, 5) is 20.6. The minimum Gasteiger partial charge on any atom is -0.374 e. The van der Waals surface area contributed by atoms with Crippen molar-refractivity contribution in [3.8, 4) is 5.82 Å². The van der Waals surface area contributed by atoms with Crippen LogP contribution in [0.4, 0.5) is 5.69 Å². The Bertz CT molecular complexity index is 692. The van der Waals surface area contributed by atoms with Gasteiger partial charge in [-0.2, -0.15) is 0 Å². The number of anilines is 1. The quantitative estimate of drug-likeness (QED) is 0.794. The highest BCUT2D eigenvalue weighted by Gasteiger charge is 2.20. The van der Waals surface area contributed by atoms with E-state index in [9.17, 15) is 4.79 Å². The lowest BCUT2D eigenvalue weighted by atomic mass is 10.1. The van der Waals surface area contributed by atoms with Crippen molar-refractivity contribution in [3.63, 3.8) is 0 Å². The first-order chi connectivity index (χ1) is 11.8. The van der Waals surface area contributed by atoms with E-state index in [0.29, 0.717) is 18.7 Å². The standard InChI is InChI=1S/C18H22N4O2/c1-2-24-16(14-5-3-4-6-14)11-18(23)21-15-7-8-17(20-12-15)22-10-9-19-13-22/h5,7-10,12-13,16H,2-4,6,11H2,1H3,(H,21,23)/t16-/m1/s1. The van der Waals surface area contributed by atoms with Gasteiger partial charge in [0.05, 0.1) is 24.4 Å². The summed E-state index contributed by atoms with van der Waals surface area (Å²) in [7, 11) is 0. The minimum absolute atomic E-state index is 0.0570. The Morgan fingerprint density at radius 3 is 3.00 bits per heavy atom. The highest BCUT2D eigenvalue weighted by Crippen LogP contribution is 2.25. The molecule has 0 bridgehead atoms. The summed E-state index contributed by atoms with van der Waals surface area (Å²) in [6, 6.07) is 3.68. The Labute approximate surface area is 141 Å². The Kier molecular flexibility index (Phi) is 5.38. The molecule has 6 nitrogen and oxygen atoms in total. The van der Waals surface area contributed by atoms with Gasteiger partial charge in [-0.25, -0.2) is 9.97 Å². The van der Waals surface area contributed by atoms with Crippen molar-refractivity contribution < 1.29 is 9.53 Å². The highest BCUT2D eigenvalue weighted by molar-refractivity contribution is 5.91. The van der Waals surface area contributed by atoms with E-state index in [-0.39, 0.29) is 12.0 Å². The fourth-order valence-electron chi connectivity index (χ4n) is 2.87. The molecule has 0 aromatic carbocycles. The molecule has 0 unspecified atom stereocenters. The summed E-state index contributed by atoms with van der Waals surface area (Å²) < 4.78 is 7.56. The van der Waals surface area contributed by atoms with Gasteiger partial charge in [-0.3, -0.25) is 9.36 Å². The van der Waals surface area contributed by atoms with Gasteiger partial charge in [0.2, 0.25) is 5.91 Å². The lowest BCUT2D eigenvalue weighted by Crippen LogP contribution is -2.24. The molecule has 2 aromatic rings. The van der Waals surface area contributed by atoms with Gasteiger partial charge in [-0.15, -0.1) is 0 Å². The van der Waals surface area contributed by atoms with Crippen LogP contribution in [0.5, 0.6) is 0 Å². The van der Waals surface area contributed by atoms with Crippen LogP contribution in [0.1, 0.15) is 32.6 Å². The number of allylic oxidation sites excluding steroid dienone is 1. The van der Waals surface area contributed by atoms with Crippen LogP contribution in [0.2, 0.25) is 0 Å². The maximum absolute atomic E-state index is 12.3. The molecule has 0 aliphatic heterocycles. The van der Waals surface area contributed by atoms with Gasteiger partial charge in [0.25, 0.3) is 0 Å². The molecule has 0 saturated carbocycles. The fourth-order valence-corrected chi connectivity index (χ4v) is 2.87. The van der Waals surface area contributed by atoms with Crippen LogP contribution in [0.15, 0.2) is 48.7 Å². The molecule has 2 aromatic heterocycles. The lowest BCUT2D eigenvalue weighted by molar-refractivity contribution is -0.118. The molecular weight excluding hydrogens is 304 g/mol. The molecule has 2 heterocycles. The zero-order chi connectivity index (χ0) is 16.8. The largest absolute Gasteiger partial charge is 0.374 e. The average Bonchev–Trinajstić information content (AvgIpc) is 3.29. The number of carbonyl (C=O) groups is 1.